The summed E-state index contributed by atoms with van der Waals surface area (Å²) < 4.78 is 35.2. The maximum atomic E-state index is 14.8. The Labute approximate surface area is 200 Å². The van der Waals surface area contributed by atoms with E-state index < -0.39 is 16.9 Å². The molecular weight excluding hydrogens is 458 g/mol. The normalized spacial score (nSPS) is 11.8. The fourth-order valence-corrected chi connectivity index (χ4v) is 4.23. The van der Waals surface area contributed by atoms with Gasteiger partial charge in [-0.05, 0) is 43.7 Å². The summed E-state index contributed by atoms with van der Waals surface area (Å²) in [5.41, 5.74) is 2.30. The van der Waals surface area contributed by atoms with Crippen LogP contribution in [0, 0.1) is 18.6 Å². The van der Waals surface area contributed by atoms with Crippen LogP contribution < -0.4 is 10.1 Å². The molecule has 1 unspecified atom stereocenters. The lowest BCUT2D eigenvalue weighted by Gasteiger charge is -2.16. The SMILES string of the molecule is COc1ccc(C)cc1NC(=O)C(C)Sc1nnc(-c2ccccc2)n1-c1ccc(F)cc1F. The first-order valence-electron chi connectivity index (χ1n) is 10.5. The molecule has 3 aromatic carbocycles. The van der Waals surface area contributed by atoms with Gasteiger partial charge in [-0.1, -0.05) is 48.2 Å². The molecule has 0 bridgehead atoms. The first-order chi connectivity index (χ1) is 16.4. The Hall–Kier alpha value is -3.72. The molecule has 1 atom stereocenters. The molecule has 34 heavy (non-hydrogen) atoms. The molecule has 0 fully saturated rings. The highest BCUT2D eigenvalue weighted by atomic mass is 32.2. The van der Waals surface area contributed by atoms with E-state index in [2.05, 4.69) is 15.5 Å². The van der Waals surface area contributed by atoms with Gasteiger partial charge in [-0.2, -0.15) is 0 Å². The van der Waals surface area contributed by atoms with Crippen molar-refractivity contribution >= 4 is 23.4 Å². The molecule has 1 aromatic heterocycles. The van der Waals surface area contributed by atoms with Crippen molar-refractivity contribution in [1.82, 2.24) is 14.8 Å². The molecule has 0 radical (unpaired) electrons. The summed E-state index contributed by atoms with van der Waals surface area (Å²) in [6.45, 7) is 3.63. The predicted octanol–water partition coefficient (Wildman–Crippen LogP) is 5.65. The smallest absolute Gasteiger partial charge is 0.237 e. The lowest BCUT2D eigenvalue weighted by molar-refractivity contribution is -0.115. The molecule has 174 valence electrons. The van der Waals surface area contributed by atoms with Gasteiger partial charge >= 0.3 is 0 Å². The summed E-state index contributed by atoms with van der Waals surface area (Å²) in [4.78, 5) is 13.0. The van der Waals surface area contributed by atoms with Gasteiger partial charge in [-0.15, -0.1) is 10.2 Å². The molecule has 1 N–H and O–H groups in total. The van der Waals surface area contributed by atoms with Crippen LogP contribution in [0.2, 0.25) is 0 Å². The number of methoxy groups -OCH3 is 1. The molecule has 0 spiro atoms. The summed E-state index contributed by atoms with van der Waals surface area (Å²) in [6, 6.07) is 17.9. The van der Waals surface area contributed by atoms with Crippen molar-refractivity contribution in [1.29, 1.82) is 0 Å². The minimum atomic E-state index is -0.763. The van der Waals surface area contributed by atoms with Gasteiger partial charge in [0.1, 0.15) is 17.4 Å². The van der Waals surface area contributed by atoms with Crippen LogP contribution in [0.3, 0.4) is 0 Å². The number of ether oxygens (including phenoxy) is 1. The van der Waals surface area contributed by atoms with Crippen LogP contribution in [0.15, 0.2) is 71.9 Å². The fraction of sp³-hybridized carbons (Fsp3) is 0.160. The summed E-state index contributed by atoms with van der Waals surface area (Å²) in [6.07, 6.45) is 0. The summed E-state index contributed by atoms with van der Waals surface area (Å²) in [5, 5.41) is 11.0. The Morgan fingerprint density at radius 2 is 1.82 bits per heavy atom. The molecule has 9 heteroatoms. The van der Waals surface area contributed by atoms with Crippen LogP contribution in [0.25, 0.3) is 17.1 Å². The second kappa shape index (κ2) is 10.0. The van der Waals surface area contributed by atoms with Gasteiger partial charge in [0.15, 0.2) is 11.0 Å². The topological polar surface area (TPSA) is 69.0 Å². The van der Waals surface area contributed by atoms with Gasteiger partial charge in [-0.25, -0.2) is 8.78 Å². The lowest BCUT2D eigenvalue weighted by Crippen LogP contribution is -2.23. The van der Waals surface area contributed by atoms with E-state index in [1.54, 1.807) is 13.0 Å². The highest BCUT2D eigenvalue weighted by Crippen LogP contribution is 2.32. The minimum Gasteiger partial charge on any atom is -0.495 e. The van der Waals surface area contributed by atoms with Crippen LogP contribution in [-0.2, 0) is 4.79 Å². The fourth-order valence-electron chi connectivity index (χ4n) is 3.37. The highest BCUT2D eigenvalue weighted by Gasteiger charge is 2.24. The van der Waals surface area contributed by atoms with Crippen LogP contribution >= 0.6 is 11.8 Å². The Morgan fingerprint density at radius 1 is 1.06 bits per heavy atom. The first kappa shape index (κ1) is 23.4. The second-order valence-corrected chi connectivity index (χ2v) is 8.86. The van der Waals surface area contributed by atoms with Gasteiger partial charge in [0.05, 0.1) is 23.7 Å². The number of amides is 1. The third-order valence-corrected chi connectivity index (χ3v) is 6.12. The number of halogens is 2. The highest BCUT2D eigenvalue weighted by molar-refractivity contribution is 8.00. The number of hydrogen-bond donors (Lipinski definition) is 1. The van der Waals surface area contributed by atoms with E-state index in [0.29, 0.717) is 28.0 Å². The molecule has 0 aliphatic heterocycles. The number of thioether (sulfide) groups is 1. The zero-order valence-electron chi connectivity index (χ0n) is 18.8. The van der Waals surface area contributed by atoms with Gasteiger partial charge in [0, 0.05) is 11.6 Å². The van der Waals surface area contributed by atoms with E-state index in [4.69, 9.17) is 4.74 Å². The second-order valence-electron chi connectivity index (χ2n) is 7.56. The number of rotatable bonds is 7. The molecule has 4 rings (SSSR count). The van der Waals surface area contributed by atoms with Crippen molar-refractivity contribution in [3.05, 3.63) is 83.9 Å². The molecular formula is C25H22F2N4O2S. The summed E-state index contributed by atoms with van der Waals surface area (Å²) in [5.74, 6) is -0.824. The number of anilines is 1. The quantitative estimate of drug-likeness (QED) is 0.346. The zero-order chi connectivity index (χ0) is 24.2. The Bertz CT molecular complexity index is 1330. The molecule has 0 aliphatic rings. The van der Waals surface area contributed by atoms with Gasteiger partial charge in [-0.3, -0.25) is 9.36 Å². The largest absolute Gasteiger partial charge is 0.495 e. The third-order valence-electron chi connectivity index (χ3n) is 5.08. The van der Waals surface area contributed by atoms with E-state index in [9.17, 15) is 13.6 Å². The number of nitrogens with zero attached hydrogens (tertiary/aromatic N) is 3. The standard InChI is InChI=1S/C25H22F2N4O2S/c1-15-9-12-22(33-3)20(13-15)28-24(32)16(2)34-25-30-29-23(17-7-5-4-6-8-17)31(25)21-11-10-18(26)14-19(21)27/h4-14,16H,1-3H3,(H,28,32). The number of carbonyl (C=O) groups is 1. The van der Waals surface area contributed by atoms with Gasteiger partial charge < -0.3 is 10.1 Å². The number of carbonyl (C=O) groups excluding carboxylic acids is 1. The number of benzene rings is 3. The maximum absolute atomic E-state index is 14.8. The van der Waals surface area contributed by atoms with Crippen LogP contribution in [0.1, 0.15) is 12.5 Å². The number of hydrogen-bond acceptors (Lipinski definition) is 5. The first-order valence-corrected chi connectivity index (χ1v) is 11.3. The van der Waals surface area contributed by atoms with Crippen molar-refractivity contribution in [3.8, 4) is 22.8 Å². The predicted molar refractivity (Wildman–Crippen MR) is 128 cm³/mol. The monoisotopic (exact) mass is 480 g/mol. The average Bonchev–Trinajstić information content (AvgIpc) is 3.23. The minimum absolute atomic E-state index is 0.0840. The molecule has 0 saturated carbocycles. The number of aryl methyl sites for hydroxylation is 1. The summed E-state index contributed by atoms with van der Waals surface area (Å²) in [7, 11) is 1.53. The van der Waals surface area contributed by atoms with Crippen molar-refractivity contribution < 1.29 is 18.3 Å². The van der Waals surface area contributed by atoms with Gasteiger partial charge in [0.25, 0.3) is 0 Å². The molecule has 1 heterocycles. The van der Waals surface area contributed by atoms with Crippen molar-refractivity contribution in [2.75, 3.05) is 12.4 Å². The van der Waals surface area contributed by atoms with Crippen LogP contribution in [0.4, 0.5) is 14.5 Å². The van der Waals surface area contributed by atoms with Gasteiger partial charge in [0.2, 0.25) is 5.91 Å². The van der Waals surface area contributed by atoms with E-state index >= 15 is 0 Å². The molecule has 0 saturated heterocycles. The summed E-state index contributed by atoms with van der Waals surface area (Å²) >= 11 is 1.11. The van der Waals surface area contributed by atoms with E-state index in [0.717, 1.165) is 23.4 Å². The van der Waals surface area contributed by atoms with E-state index in [-0.39, 0.29) is 11.6 Å². The molecule has 6 nitrogen and oxygen atoms in total. The van der Waals surface area contributed by atoms with Crippen molar-refractivity contribution in [2.45, 2.75) is 24.3 Å². The Morgan fingerprint density at radius 3 is 2.53 bits per heavy atom. The molecule has 4 aromatic rings. The number of aromatic nitrogens is 3. The van der Waals surface area contributed by atoms with Crippen LogP contribution in [-0.4, -0.2) is 33.0 Å². The van der Waals surface area contributed by atoms with E-state index in [1.807, 2.05) is 49.4 Å². The Kier molecular flexibility index (Phi) is 6.93. The van der Waals surface area contributed by atoms with Crippen molar-refractivity contribution in [3.63, 3.8) is 0 Å². The zero-order valence-corrected chi connectivity index (χ0v) is 19.6. The van der Waals surface area contributed by atoms with Crippen LogP contribution in [0.5, 0.6) is 5.75 Å². The molecule has 1 amide bonds. The number of nitrogens with one attached hydrogen (secondary N) is 1. The Balaban J connectivity index is 1.67. The third kappa shape index (κ3) is 4.94. The van der Waals surface area contributed by atoms with Crippen molar-refractivity contribution in [2.24, 2.45) is 0 Å². The lowest BCUT2D eigenvalue weighted by atomic mass is 10.2. The average molecular weight is 481 g/mol. The van der Waals surface area contributed by atoms with E-state index in [1.165, 1.54) is 23.8 Å². The molecule has 0 aliphatic carbocycles. The maximum Gasteiger partial charge on any atom is 0.237 e.